The third-order valence-electron chi connectivity index (χ3n) is 8.86. The molecule has 3 saturated carbocycles. The molecule has 7 unspecified atom stereocenters. The van der Waals surface area contributed by atoms with Gasteiger partial charge < -0.3 is 5.41 Å². The second-order valence-corrected chi connectivity index (χ2v) is 9.90. The second-order valence-electron chi connectivity index (χ2n) is 9.90. The summed E-state index contributed by atoms with van der Waals surface area (Å²) in [5, 5.41) is 8.27. The van der Waals surface area contributed by atoms with Crippen molar-refractivity contribution in [2.45, 2.75) is 79.1 Å². The molecule has 1 N–H and O–H groups in total. The molecule has 4 rings (SSSR count). The second kappa shape index (κ2) is 5.20. The van der Waals surface area contributed by atoms with Crippen molar-refractivity contribution in [3.63, 3.8) is 0 Å². The molecule has 7 atom stereocenters. The minimum atomic E-state index is 0. The van der Waals surface area contributed by atoms with Crippen LogP contribution in [0.15, 0.2) is 11.6 Å². The predicted molar refractivity (Wildman–Crippen MR) is 99.9 cm³/mol. The predicted octanol–water partition coefficient (Wildman–Crippen LogP) is 6.49. The average molecular weight is 316 g/mol. The van der Waals surface area contributed by atoms with E-state index in [2.05, 4.69) is 33.8 Å². The van der Waals surface area contributed by atoms with Crippen LogP contribution in [0.3, 0.4) is 0 Å². The SMILES string of the molecule is CC(=N)C1CCC2C3CCC4=CC(C)CCC4(C)C3CCC12C.[HH]. The summed E-state index contributed by atoms with van der Waals surface area (Å²) in [6.45, 7) is 9.62. The van der Waals surface area contributed by atoms with E-state index in [9.17, 15) is 0 Å². The van der Waals surface area contributed by atoms with Crippen LogP contribution < -0.4 is 0 Å². The summed E-state index contributed by atoms with van der Waals surface area (Å²) in [6.07, 6.45) is 13.7. The molecule has 1 nitrogen and oxygen atoms in total. The molecule has 0 aliphatic heterocycles. The van der Waals surface area contributed by atoms with Gasteiger partial charge in [0.05, 0.1) is 0 Å². The molecule has 0 aromatic carbocycles. The van der Waals surface area contributed by atoms with E-state index in [4.69, 9.17) is 5.41 Å². The molecule has 0 aromatic heterocycles. The molecule has 130 valence electrons. The fourth-order valence-corrected chi connectivity index (χ4v) is 7.61. The Morgan fingerprint density at radius 2 is 1.87 bits per heavy atom. The zero-order chi connectivity index (χ0) is 16.4. The van der Waals surface area contributed by atoms with Crippen LogP contribution in [0.2, 0.25) is 0 Å². The molecule has 4 aliphatic carbocycles. The summed E-state index contributed by atoms with van der Waals surface area (Å²) in [4.78, 5) is 0. The monoisotopic (exact) mass is 315 g/mol. The molecule has 0 aromatic rings. The van der Waals surface area contributed by atoms with Crippen LogP contribution in [0, 0.1) is 45.8 Å². The average Bonchev–Trinajstić information content (AvgIpc) is 2.85. The largest absolute Gasteiger partial charge is 0.310 e. The number of allylic oxidation sites excluding steroid dienone is 2. The van der Waals surface area contributed by atoms with E-state index in [0.717, 1.165) is 29.4 Å². The molecule has 0 saturated heterocycles. The molecule has 0 bridgehead atoms. The Morgan fingerprint density at radius 3 is 2.61 bits per heavy atom. The molecule has 4 aliphatic rings. The van der Waals surface area contributed by atoms with Crippen molar-refractivity contribution < 1.29 is 1.43 Å². The van der Waals surface area contributed by atoms with Gasteiger partial charge in [-0.05, 0) is 92.8 Å². The van der Waals surface area contributed by atoms with Crippen LogP contribution in [-0.2, 0) is 0 Å². The summed E-state index contributed by atoms with van der Waals surface area (Å²) in [5.41, 5.74) is 3.72. The number of rotatable bonds is 1. The van der Waals surface area contributed by atoms with Crippen molar-refractivity contribution in [1.82, 2.24) is 0 Å². The Hall–Kier alpha value is -0.590. The van der Waals surface area contributed by atoms with Crippen LogP contribution in [-0.4, -0.2) is 5.71 Å². The van der Waals surface area contributed by atoms with E-state index < -0.39 is 0 Å². The van der Waals surface area contributed by atoms with Gasteiger partial charge in [-0.15, -0.1) is 0 Å². The van der Waals surface area contributed by atoms with Crippen LogP contribution in [0.1, 0.15) is 80.5 Å². The number of hydrogen-bond donors (Lipinski definition) is 1. The first-order chi connectivity index (χ1) is 10.9. The summed E-state index contributed by atoms with van der Waals surface area (Å²) >= 11 is 0. The summed E-state index contributed by atoms with van der Waals surface area (Å²) in [6, 6.07) is 0. The molecule has 0 spiro atoms. The van der Waals surface area contributed by atoms with Crippen molar-refractivity contribution in [3.8, 4) is 0 Å². The molecule has 0 radical (unpaired) electrons. The van der Waals surface area contributed by atoms with Crippen LogP contribution in [0.25, 0.3) is 0 Å². The lowest BCUT2D eigenvalue weighted by atomic mass is 9.46. The maximum absolute atomic E-state index is 8.27. The lowest BCUT2D eigenvalue weighted by molar-refractivity contribution is -0.0446. The van der Waals surface area contributed by atoms with Crippen LogP contribution in [0.5, 0.6) is 0 Å². The van der Waals surface area contributed by atoms with Gasteiger partial charge in [-0.2, -0.15) is 0 Å². The van der Waals surface area contributed by atoms with Crippen LogP contribution >= 0.6 is 0 Å². The standard InChI is InChI=1S/C22H35N.H2/c1-14-9-11-21(3)16(13-14)5-6-17-19-8-7-18(15(2)23)22(19,4)12-10-20(17)21;/h13-14,17-20,23H,5-12H2,1-4H3;1H. The lowest BCUT2D eigenvalue weighted by Crippen LogP contribution is -2.50. The zero-order valence-corrected chi connectivity index (χ0v) is 15.6. The van der Waals surface area contributed by atoms with Gasteiger partial charge in [0.15, 0.2) is 0 Å². The minimum Gasteiger partial charge on any atom is -0.310 e. The molecular weight excluding hydrogens is 278 g/mol. The fraction of sp³-hybridized carbons (Fsp3) is 0.864. The Morgan fingerprint density at radius 1 is 1.09 bits per heavy atom. The summed E-state index contributed by atoms with van der Waals surface area (Å²) in [7, 11) is 0. The minimum absolute atomic E-state index is 0. The highest BCUT2D eigenvalue weighted by molar-refractivity contribution is 5.82. The molecule has 23 heavy (non-hydrogen) atoms. The highest BCUT2D eigenvalue weighted by atomic mass is 14.6. The van der Waals surface area contributed by atoms with E-state index in [1.165, 1.54) is 51.4 Å². The molecule has 0 heterocycles. The van der Waals surface area contributed by atoms with E-state index in [1.54, 1.807) is 0 Å². The van der Waals surface area contributed by atoms with Gasteiger partial charge in [-0.1, -0.05) is 32.4 Å². The third-order valence-corrected chi connectivity index (χ3v) is 8.86. The number of nitrogens with one attached hydrogen (secondary N) is 1. The van der Waals surface area contributed by atoms with Gasteiger partial charge in [-0.3, -0.25) is 0 Å². The van der Waals surface area contributed by atoms with E-state index in [1.807, 2.05) is 5.57 Å². The van der Waals surface area contributed by atoms with Gasteiger partial charge in [0.2, 0.25) is 0 Å². The summed E-state index contributed by atoms with van der Waals surface area (Å²) < 4.78 is 0. The summed E-state index contributed by atoms with van der Waals surface area (Å²) in [5.74, 6) is 4.14. The number of hydrogen-bond acceptors (Lipinski definition) is 1. The van der Waals surface area contributed by atoms with Crippen LogP contribution in [0.4, 0.5) is 0 Å². The van der Waals surface area contributed by atoms with Gasteiger partial charge in [0.1, 0.15) is 0 Å². The Balaban J connectivity index is 0.00000169. The maximum Gasteiger partial charge on any atom is 0.00946 e. The maximum atomic E-state index is 8.27. The Kier molecular flexibility index (Phi) is 3.60. The van der Waals surface area contributed by atoms with Crippen molar-refractivity contribution in [2.24, 2.45) is 40.4 Å². The van der Waals surface area contributed by atoms with E-state index in [-0.39, 0.29) is 1.43 Å². The molecule has 3 fully saturated rings. The first-order valence-corrected chi connectivity index (χ1v) is 10.1. The highest BCUT2D eigenvalue weighted by Gasteiger charge is 2.58. The van der Waals surface area contributed by atoms with E-state index >= 15 is 0 Å². The van der Waals surface area contributed by atoms with Crippen molar-refractivity contribution >= 4 is 5.71 Å². The Labute approximate surface area is 144 Å². The highest BCUT2D eigenvalue weighted by Crippen LogP contribution is 2.66. The van der Waals surface area contributed by atoms with Gasteiger partial charge in [0.25, 0.3) is 0 Å². The smallest absolute Gasteiger partial charge is 0.00946 e. The van der Waals surface area contributed by atoms with Gasteiger partial charge in [-0.25, -0.2) is 0 Å². The van der Waals surface area contributed by atoms with Gasteiger partial charge >= 0.3 is 0 Å². The quantitative estimate of drug-likeness (QED) is 0.422. The topological polar surface area (TPSA) is 23.9 Å². The lowest BCUT2D eigenvalue weighted by Gasteiger charge is -2.58. The van der Waals surface area contributed by atoms with E-state index in [0.29, 0.717) is 16.7 Å². The van der Waals surface area contributed by atoms with Crippen molar-refractivity contribution in [3.05, 3.63) is 11.6 Å². The molecule has 1 heteroatoms. The molecule has 0 amide bonds. The zero-order valence-electron chi connectivity index (χ0n) is 15.6. The van der Waals surface area contributed by atoms with Crippen molar-refractivity contribution in [2.75, 3.05) is 0 Å². The third kappa shape index (κ3) is 2.14. The normalized spacial score (nSPS) is 52.2. The first kappa shape index (κ1) is 15.9. The number of fused-ring (bicyclic) bond motifs is 5. The first-order valence-electron chi connectivity index (χ1n) is 10.1. The fourth-order valence-electron chi connectivity index (χ4n) is 7.61. The molecular formula is C22H37N. The van der Waals surface area contributed by atoms with Crippen molar-refractivity contribution in [1.29, 1.82) is 5.41 Å². The Bertz CT molecular complexity index is 552. The van der Waals surface area contributed by atoms with Gasteiger partial charge in [0, 0.05) is 13.1 Å².